The van der Waals surface area contributed by atoms with Crippen molar-refractivity contribution in [3.63, 3.8) is 0 Å². The summed E-state index contributed by atoms with van der Waals surface area (Å²) in [5.41, 5.74) is 28.6. The van der Waals surface area contributed by atoms with Gasteiger partial charge in [0.25, 0.3) is 0 Å². The minimum Gasteiger partial charge on any atom is -0.0622 e. The third kappa shape index (κ3) is 6.44. The summed E-state index contributed by atoms with van der Waals surface area (Å²) in [4.78, 5) is 0. The van der Waals surface area contributed by atoms with Gasteiger partial charge in [-0.2, -0.15) is 0 Å². The van der Waals surface area contributed by atoms with E-state index in [4.69, 9.17) is 0 Å². The van der Waals surface area contributed by atoms with Gasteiger partial charge in [-0.3, -0.25) is 0 Å². The molecule has 0 aliphatic heterocycles. The molecule has 0 heterocycles. The molecule has 16 rings (SSSR count). The molecule has 13 aromatic rings. The fourth-order valence-corrected chi connectivity index (χ4v) is 15.1. The quantitative estimate of drug-likeness (QED) is 0.151. The zero-order valence-electron chi connectivity index (χ0n) is 45.6. The average Bonchev–Trinajstić information content (AvgIpc) is 4.15. The minimum absolute atomic E-state index is 0.109. The van der Waals surface area contributed by atoms with Crippen LogP contribution in [-0.2, 0) is 16.2 Å². The van der Waals surface area contributed by atoms with Gasteiger partial charge in [0.05, 0.1) is 0 Å². The number of benzene rings is 13. The van der Waals surface area contributed by atoms with E-state index >= 15 is 0 Å². The lowest BCUT2D eigenvalue weighted by Crippen LogP contribution is -2.17. The standard InChI is InChI=1S/C79H58/c1-77(2)67-32-20-19-25-53(67)54-37-34-52(44-68(54)77)76-62-31-18-17-30-61(62)75(63-40-33-49(41-66(63)76)47-21-9-7-10-22-47)51-36-39-56-65-46-71-64(45-72(65)79(5,6)70(56)43-51)55-38-35-50(42-69(55)78(71,3)4)74-59-28-15-13-26-57(59)73(48-23-11-8-12-24-48)58-27-14-16-29-60(58)74/h7-46H,1-6H3. The first-order valence-corrected chi connectivity index (χ1v) is 28.2. The zero-order chi connectivity index (χ0) is 53.1. The topological polar surface area (TPSA) is 0 Å². The third-order valence-electron chi connectivity index (χ3n) is 19.0. The highest BCUT2D eigenvalue weighted by Crippen LogP contribution is 2.59. The molecule has 0 radical (unpaired) electrons. The van der Waals surface area contributed by atoms with Crippen molar-refractivity contribution in [1.29, 1.82) is 0 Å². The van der Waals surface area contributed by atoms with Gasteiger partial charge >= 0.3 is 0 Å². The summed E-state index contributed by atoms with van der Waals surface area (Å²) in [5.74, 6) is 0. The number of rotatable bonds is 5. The highest BCUT2D eigenvalue weighted by atomic mass is 14.5. The Balaban J connectivity index is 0.838. The van der Waals surface area contributed by atoms with Crippen LogP contribution in [0, 0.1) is 0 Å². The van der Waals surface area contributed by atoms with Crippen LogP contribution >= 0.6 is 0 Å². The van der Waals surface area contributed by atoms with Crippen LogP contribution in [0.25, 0.3) is 132 Å². The van der Waals surface area contributed by atoms with Crippen molar-refractivity contribution in [2.24, 2.45) is 0 Å². The van der Waals surface area contributed by atoms with E-state index in [2.05, 4.69) is 284 Å². The van der Waals surface area contributed by atoms with E-state index < -0.39 is 0 Å². The van der Waals surface area contributed by atoms with Gasteiger partial charge in [-0.05, 0) is 202 Å². The molecule has 0 atom stereocenters. The molecule has 0 N–H and O–H groups in total. The van der Waals surface area contributed by atoms with Crippen LogP contribution in [0.5, 0.6) is 0 Å². The monoisotopic (exact) mass is 1010 g/mol. The lowest BCUT2D eigenvalue weighted by Gasteiger charge is -2.25. The van der Waals surface area contributed by atoms with Gasteiger partial charge in [0, 0.05) is 16.2 Å². The van der Waals surface area contributed by atoms with E-state index in [0.29, 0.717) is 0 Å². The van der Waals surface area contributed by atoms with Crippen molar-refractivity contribution >= 4 is 43.1 Å². The SMILES string of the molecule is CC1(C)c2ccccc2-c2ccc(-c3c4ccccc4c(-c4ccc5c(c4)C(C)(C)c4cc6c(cc4-5)C(C)(C)c4cc(-c5c7ccccc7c(-c7ccccc7)c7ccccc57)ccc4-6)c4ccc(-c5ccccc5)cc34)cc21. The Morgan fingerprint density at radius 3 is 0.937 bits per heavy atom. The Bertz CT molecular complexity index is 4720. The number of hydrogen-bond acceptors (Lipinski definition) is 0. The third-order valence-corrected chi connectivity index (χ3v) is 19.0. The summed E-state index contributed by atoms with van der Waals surface area (Å²) in [6.07, 6.45) is 0. The van der Waals surface area contributed by atoms with Gasteiger partial charge in [0.1, 0.15) is 0 Å². The summed E-state index contributed by atoms with van der Waals surface area (Å²) in [6, 6.07) is 92.3. The molecule has 0 nitrogen and oxygen atoms in total. The van der Waals surface area contributed by atoms with Crippen LogP contribution in [0.2, 0.25) is 0 Å². The summed E-state index contributed by atoms with van der Waals surface area (Å²) < 4.78 is 0. The second kappa shape index (κ2) is 16.5. The fourth-order valence-electron chi connectivity index (χ4n) is 15.1. The van der Waals surface area contributed by atoms with Gasteiger partial charge in [-0.15, -0.1) is 0 Å². The molecule has 0 heteroatoms. The predicted molar refractivity (Wildman–Crippen MR) is 336 cm³/mol. The molecular weight excluding hydrogens is 949 g/mol. The predicted octanol–water partition coefficient (Wildman–Crippen LogP) is 21.6. The fraction of sp³-hybridized carbons (Fsp3) is 0.114. The first-order chi connectivity index (χ1) is 38.5. The molecule has 0 unspecified atom stereocenters. The molecule has 13 aromatic carbocycles. The maximum Gasteiger partial charge on any atom is 0.0159 e. The largest absolute Gasteiger partial charge is 0.0622 e. The zero-order valence-corrected chi connectivity index (χ0v) is 45.6. The Morgan fingerprint density at radius 2 is 0.481 bits per heavy atom. The number of fused-ring (bicyclic) bond motifs is 13. The molecule has 0 saturated heterocycles. The van der Waals surface area contributed by atoms with Gasteiger partial charge in [0.15, 0.2) is 0 Å². The normalized spacial score (nSPS) is 14.8. The Kier molecular flexibility index (Phi) is 9.59. The molecule has 0 bridgehead atoms. The van der Waals surface area contributed by atoms with Gasteiger partial charge in [-0.25, -0.2) is 0 Å². The van der Waals surface area contributed by atoms with Crippen LogP contribution in [0.3, 0.4) is 0 Å². The van der Waals surface area contributed by atoms with E-state index in [1.165, 1.54) is 165 Å². The van der Waals surface area contributed by atoms with Gasteiger partial charge in [0.2, 0.25) is 0 Å². The summed E-state index contributed by atoms with van der Waals surface area (Å²) in [7, 11) is 0. The van der Waals surface area contributed by atoms with Crippen molar-refractivity contribution in [2.75, 3.05) is 0 Å². The highest BCUT2D eigenvalue weighted by Gasteiger charge is 2.42. The molecule has 0 amide bonds. The Labute approximate surface area is 463 Å². The first kappa shape index (κ1) is 46.0. The minimum atomic E-state index is -0.234. The second-order valence-electron chi connectivity index (χ2n) is 24.3. The van der Waals surface area contributed by atoms with Crippen LogP contribution in [0.1, 0.15) is 74.9 Å². The van der Waals surface area contributed by atoms with Crippen molar-refractivity contribution in [2.45, 2.75) is 57.8 Å². The second-order valence-corrected chi connectivity index (χ2v) is 24.3. The van der Waals surface area contributed by atoms with E-state index in [9.17, 15) is 0 Å². The van der Waals surface area contributed by atoms with Crippen molar-refractivity contribution in [1.82, 2.24) is 0 Å². The Hall–Kier alpha value is -9.10. The van der Waals surface area contributed by atoms with E-state index in [-0.39, 0.29) is 16.2 Å². The summed E-state index contributed by atoms with van der Waals surface area (Å²) >= 11 is 0. The first-order valence-electron chi connectivity index (χ1n) is 28.2. The number of hydrogen-bond donors (Lipinski definition) is 0. The maximum atomic E-state index is 2.57. The Morgan fingerprint density at radius 1 is 0.177 bits per heavy atom. The van der Waals surface area contributed by atoms with Crippen LogP contribution < -0.4 is 0 Å². The maximum absolute atomic E-state index is 2.57. The van der Waals surface area contributed by atoms with Crippen LogP contribution in [-0.4, -0.2) is 0 Å². The molecule has 0 saturated carbocycles. The molecule has 3 aliphatic carbocycles. The smallest absolute Gasteiger partial charge is 0.0159 e. The van der Waals surface area contributed by atoms with Gasteiger partial charge in [-0.1, -0.05) is 248 Å². The van der Waals surface area contributed by atoms with Crippen molar-refractivity contribution < 1.29 is 0 Å². The molecule has 0 aromatic heterocycles. The molecular formula is C79H58. The summed E-state index contributed by atoms with van der Waals surface area (Å²) in [6.45, 7) is 14.6. The van der Waals surface area contributed by atoms with E-state index in [0.717, 1.165) is 0 Å². The van der Waals surface area contributed by atoms with Crippen molar-refractivity contribution in [3.05, 3.63) is 276 Å². The molecule has 374 valence electrons. The lowest BCUT2D eigenvalue weighted by molar-refractivity contribution is 0.652. The van der Waals surface area contributed by atoms with Crippen LogP contribution in [0.15, 0.2) is 243 Å². The van der Waals surface area contributed by atoms with Crippen molar-refractivity contribution in [3.8, 4) is 89.0 Å². The van der Waals surface area contributed by atoms with Crippen LogP contribution in [0.4, 0.5) is 0 Å². The molecule has 0 fully saturated rings. The molecule has 79 heavy (non-hydrogen) atoms. The molecule has 3 aliphatic rings. The highest BCUT2D eigenvalue weighted by molar-refractivity contribution is 6.23. The van der Waals surface area contributed by atoms with E-state index in [1.54, 1.807) is 0 Å². The van der Waals surface area contributed by atoms with Gasteiger partial charge < -0.3 is 0 Å². The lowest BCUT2D eigenvalue weighted by atomic mass is 9.78. The summed E-state index contributed by atoms with van der Waals surface area (Å²) in [5, 5.41) is 10.2. The average molecular weight is 1010 g/mol. The van der Waals surface area contributed by atoms with E-state index in [1.807, 2.05) is 0 Å². The molecule has 0 spiro atoms.